The highest BCUT2D eigenvalue weighted by Crippen LogP contribution is 2.60. The summed E-state index contributed by atoms with van der Waals surface area (Å²) < 4.78 is 5.33. The summed E-state index contributed by atoms with van der Waals surface area (Å²) in [5, 5.41) is 0. The highest BCUT2D eigenvalue weighted by molar-refractivity contribution is 5.65. The second kappa shape index (κ2) is 4.96. The highest BCUT2D eigenvalue weighted by Gasteiger charge is 2.53. The number of rotatable bonds is 2. The largest absolute Gasteiger partial charge is 0.465 e. The summed E-state index contributed by atoms with van der Waals surface area (Å²) in [6.07, 6.45) is 6.18. The first kappa shape index (κ1) is 14.6. The van der Waals surface area contributed by atoms with Crippen molar-refractivity contribution in [2.45, 2.75) is 59.8 Å². The predicted molar refractivity (Wildman–Crippen MR) is 77.7 cm³/mol. The first-order valence-electron chi connectivity index (χ1n) is 7.58. The zero-order chi connectivity index (χ0) is 14.3. The maximum atomic E-state index is 11.1. The standard InChI is InChI=1S/C17H28O2/c1-12-7-8-15-16(3,4)9-6-10-17(15,5)14(12)11-19-13(2)18/h14-15H,1,6-11H2,2-5H3/t14-,15-,17+/m0/s1. The molecule has 2 aliphatic rings. The number of hydrogen-bond acceptors (Lipinski definition) is 2. The lowest BCUT2D eigenvalue weighted by Gasteiger charge is -2.57. The maximum Gasteiger partial charge on any atom is 0.302 e. The Morgan fingerprint density at radius 2 is 2.05 bits per heavy atom. The Kier molecular flexibility index (Phi) is 3.81. The van der Waals surface area contributed by atoms with Crippen LogP contribution in [0.1, 0.15) is 59.8 Å². The minimum absolute atomic E-state index is 0.173. The molecule has 2 fully saturated rings. The normalized spacial score (nSPS) is 37.6. The van der Waals surface area contributed by atoms with E-state index < -0.39 is 0 Å². The van der Waals surface area contributed by atoms with Crippen LogP contribution in [-0.4, -0.2) is 12.6 Å². The van der Waals surface area contributed by atoms with Gasteiger partial charge in [-0.1, -0.05) is 39.3 Å². The molecule has 19 heavy (non-hydrogen) atoms. The minimum atomic E-state index is -0.173. The molecule has 0 spiro atoms. The number of esters is 1. The minimum Gasteiger partial charge on any atom is -0.465 e. The quantitative estimate of drug-likeness (QED) is 0.547. The number of hydrogen-bond donors (Lipinski definition) is 0. The molecule has 2 rings (SSSR count). The van der Waals surface area contributed by atoms with Crippen LogP contribution in [0.5, 0.6) is 0 Å². The molecule has 0 aromatic rings. The van der Waals surface area contributed by atoms with Gasteiger partial charge in [-0.3, -0.25) is 4.79 Å². The van der Waals surface area contributed by atoms with E-state index in [1.807, 2.05) is 0 Å². The fraction of sp³-hybridized carbons (Fsp3) is 0.824. The molecule has 0 heterocycles. The lowest BCUT2D eigenvalue weighted by Crippen LogP contribution is -2.50. The van der Waals surface area contributed by atoms with Crippen molar-refractivity contribution in [3.8, 4) is 0 Å². The molecule has 2 nitrogen and oxygen atoms in total. The second-order valence-corrected chi connectivity index (χ2v) is 7.45. The molecule has 0 aliphatic heterocycles. The first-order chi connectivity index (χ1) is 8.77. The fourth-order valence-electron chi connectivity index (χ4n) is 4.78. The Balaban J connectivity index is 2.24. The molecule has 2 heteroatoms. The van der Waals surface area contributed by atoms with Crippen molar-refractivity contribution in [1.82, 2.24) is 0 Å². The van der Waals surface area contributed by atoms with Crippen LogP contribution in [0.4, 0.5) is 0 Å². The van der Waals surface area contributed by atoms with Gasteiger partial charge in [-0.25, -0.2) is 0 Å². The summed E-state index contributed by atoms with van der Waals surface area (Å²) in [6.45, 7) is 13.5. The molecule has 0 N–H and O–H groups in total. The topological polar surface area (TPSA) is 26.3 Å². The predicted octanol–water partition coefficient (Wildman–Crippen LogP) is 4.35. The second-order valence-electron chi connectivity index (χ2n) is 7.45. The van der Waals surface area contributed by atoms with Gasteiger partial charge < -0.3 is 4.74 Å². The molecule has 0 bridgehead atoms. The van der Waals surface area contributed by atoms with Crippen molar-refractivity contribution >= 4 is 5.97 Å². The Morgan fingerprint density at radius 3 is 2.68 bits per heavy atom. The summed E-state index contributed by atoms with van der Waals surface area (Å²) in [6, 6.07) is 0. The molecular weight excluding hydrogens is 236 g/mol. The van der Waals surface area contributed by atoms with Crippen molar-refractivity contribution in [2.75, 3.05) is 6.61 Å². The average Bonchev–Trinajstić information content (AvgIpc) is 2.26. The number of carbonyl (C=O) groups is 1. The zero-order valence-corrected chi connectivity index (χ0v) is 12.9. The van der Waals surface area contributed by atoms with Gasteiger partial charge >= 0.3 is 5.97 Å². The van der Waals surface area contributed by atoms with E-state index in [1.54, 1.807) is 0 Å². The van der Waals surface area contributed by atoms with Crippen LogP contribution < -0.4 is 0 Å². The maximum absolute atomic E-state index is 11.1. The molecule has 2 aliphatic carbocycles. The van der Waals surface area contributed by atoms with Crippen molar-refractivity contribution in [1.29, 1.82) is 0 Å². The molecule has 0 radical (unpaired) electrons. The third kappa shape index (κ3) is 2.59. The summed E-state index contributed by atoms with van der Waals surface area (Å²) in [7, 11) is 0. The van der Waals surface area contributed by atoms with E-state index in [1.165, 1.54) is 38.2 Å². The van der Waals surface area contributed by atoms with Crippen LogP contribution >= 0.6 is 0 Å². The summed E-state index contributed by atoms with van der Waals surface area (Å²) in [4.78, 5) is 11.1. The average molecular weight is 264 g/mol. The van der Waals surface area contributed by atoms with E-state index in [2.05, 4.69) is 27.4 Å². The van der Waals surface area contributed by atoms with Gasteiger partial charge in [-0.2, -0.15) is 0 Å². The Hall–Kier alpha value is -0.790. The molecule has 2 saturated carbocycles. The van der Waals surface area contributed by atoms with Crippen LogP contribution in [0.15, 0.2) is 12.2 Å². The van der Waals surface area contributed by atoms with Gasteiger partial charge in [0.05, 0.1) is 6.61 Å². The van der Waals surface area contributed by atoms with E-state index in [0.29, 0.717) is 17.9 Å². The molecule has 0 aromatic heterocycles. The Bertz CT molecular complexity index is 383. The van der Waals surface area contributed by atoms with E-state index in [9.17, 15) is 4.79 Å². The lowest BCUT2D eigenvalue weighted by atomic mass is 9.48. The molecule has 3 atom stereocenters. The van der Waals surface area contributed by atoms with Gasteiger partial charge in [-0.15, -0.1) is 0 Å². The smallest absolute Gasteiger partial charge is 0.302 e. The molecular formula is C17H28O2. The highest BCUT2D eigenvalue weighted by atomic mass is 16.5. The monoisotopic (exact) mass is 264 g/mol. The third-order valence-electron chi connectivity index (χ3n) is 5.77. The van der Waals surface area contributed by atoms with E-state index in [0.717, 1.165) is 12.3 Å². The summed E-state index contributed by atoms with van der Waals surface area (Å²) >= 11 is 0. The van der Waals surface area contributed by atoms with E-state index in [4.69, 9.17) is 4.74 Å². The third-order valence-corrected chi connectivity index (χ3v) is 5.77. The number of fused-ring (bicyclic) bond motifs is 1. The van der Waals surface area contributed by atoms with Crippen molar-refractivity contribution < 1.29 is 9.53 Å². The zero-order valence-electron chi connectivity index (χ0n) is 12.9. The van der Waals surface area contributed by atoms with Gasteiger partial charge in [0.15, 0.2) is 0 Å². The SMILES string of the molecule is C=C1CC[C@H]2C(C)(C)CCC[C@]2(C)[C@H]1COC(C)=O. The molecule has 0 unspecified atom stereocenters. The summed E-state index contributed by atoms with van der Waals surface area (Å²) in [5.74, 6) is 0.892. The lowest BCUT2D eigenvalue weighted by molar-refractivity contribution is -0.146. The Labute approximate surface area is 117 Å². The van der Waals surface area contributed by atoms with Crippen LogP contribution in [0.2, 0.25) is 0 Å². The molecule has 0 aromatic carbocycles. The van der Waals surface area contributed by atoms with Crippen LogP contribution in [-0.2, 0) is 9.53 Å². The Morgan fingerprint density at radius 1 is 1.37 bits per heavy atom. The van der Waals surface area contributed by atoms with Crippen molar-refractivity contribution in [3.63, 3.8) is 0 Å². The molecule has 108 valence electrons. The van der Waals surface area contributed by atoms with E-state index in [-0.39, 0.29) is 11.4 Å². The van der Waals surface area contributed by atoms with Crippen LogP contribution in [0, 0.1) is 22.7 Å². The molecule has 0 saturated heterocycles. The number of ether oxygens (including phenoxy) is 1. The fourth-order valence-corrected chi connectivity index (χ4v) is 4.78. The van der Waals surface area contributed by atoms with Gasteiger partial charge in [0.2, 0.25) is 0 Å². The van der Waals surface area contributed by atoms with Crippen molar-refractivity contribution in [2.24, 2.45) is 22.7 Å². The van der Waals surface area contributed by atoms with Gasteiger partial charge in [0.25, 0.3) is 0 Å². The van der Waals surface area contributed by atoms with Gasteiger partial charge in [0.1, 0.15) is 0 Å². The van der Waals surface area contributed by atoms with Gasteiger partial charge in [-0.05, 0) is 42.4 Å². The number of carbonyl (C=O) groups excluding carboxylic acids is 1. The molecule has 0 amide bonds. The van der Waals surface area contributed by atoms with Crippen LogP contribution in [0.25, 0.3) is 0 Å². The van der Waals surface area contributed by atoms with Crippen LogP contribution in [0.3, 0.4) is 0 Å². The first-order valence-corrected chi connectivity index (χ1v) is 7.58. The van der Waals surface area contributed by atoms with E-state index >= 15 is 0 Å². The summed E-state index contributed by atoms with van der Waals surface area (Å²) in [5.41, 5.74) is 1.95. The van der Waals surface area contributed by atoms with Gasteiger partial charge in [0, 0.05) is 12.8 Å². The van der Waals surface area contributed by atoms with Crippen molar-refractivity contribution in [3.05, 3.63) is 12.2 Å².